The lowest BCUT2D eigenvalue weighted by atomic mass is 10.1. The third-order valence-electron chi connectivity index (χ3n) is 2.24. The minimum Gasteiger partial charge on any atom is -0.330 e. The van der Waals surface area contributed by atoms with Crippen molar-refractivity contribution in [1.29, 1.82) is 0 Å². The van der Waals surface area contributed by atoms with Gasteiger partial charge in [0.15, 0.2) is 0 Å². The van der Waals surface area contributed by atoms with Crippen LogP contribution in [0.3, 0.4) is 0 Å². The first-order valence-electron chi connectivity index (χ1n) is 4.98. The summed E-state index contributed by atoms with van der Waals surface area (Å²) in [5, 5.41) is 0. The van der Waals surface area contributed by atoms with Gasteiger partial charge in [0.1, 0.15) is 11.6 Å². The summed E-state index contributed by atoms with van der Waals surface area (Å²) in [5.74, 6) is -0.763. The maximum Gasteiger partial charge on any atom is 0.137 e. The highest BCUT2D eigenvalue weighted by Crippen LogP contribution is 2.21. The van der Waals surface area contributed by atoms with Crippen molar-refractivity contribution in [3.63, 3.8) is 0 Å². The Morgan fingerprint density at radius 3 is 2.47 bits per heavy atom. The van der Waals surface area contributed by atoms with Crippen LogP contribution in [0.1, 0.15) is 24.8 Å². The Morgan fingerprint density at radius 2 is 1.80 bits per heavy atom. The van der Waals surface area contributed by atoms with E-state index in [1.54, 1.807) is 0 Å². The molecule has 0 bridgehead atoms. The molecule has 0 saturated carbocycles. The first-order valence-corrected chi connectivity index (χ1v) is 5.78. The van der Waals surface area contributed by atoms with E-state index < -0.39 is 5.82 Å². The van der Waals surface area contributed by atoms with Crippen LogP contribution in [0.4, 0.5) is 8.78 Å². The summed E-state index contributed by atoms with van der Waals surface area (Å²) < 4.78 is 26.6. The van der Waals surface area contributed by atoms with Crippen molar-refractivity contribution in [2.24, 2.45) is 5.73 Å². The first kappa shape index (κ1) is 12.6. The number of hydrogen-bond donors (Lipinski definition) is 1. The van der Waals surface area contributed by atoms with E-state index in [0.29, 0.717) is 18.5 Å². The molecule has 1 nitrogen and oxygen atoms in total. The quantitative estimate of drug-likeness (QED) is 0.648. The van der Waals surface area contributed by atoms with E-state index >= 15 is 0 Å². The average Bonchev–Trinajstić information content (AvgIpc) is 2.20. The molecule has 1 aromatic rings. The Kier molecular flexibility index (Phi) is 5.19. The maximum absolute atomic E-state index is 13.3. The second-order valence-electron chi connectivity index (χ2n) is 3.46. The third-order valence-corrected chi connectivity index (χ3v) is 2.85. The standard InChI is InChI=1S/C11H14BrF2N/c12-9-7-10(13)8(6-11(9)14)4-2-1-3-5-15/h6-7H,1-5,15H2. The molecule has 0 amide bonds. The van der Waals surface area contributed by atoms with E-state index in [9.17, 15) is 8.78 Å². The zero-order chi connectivity index (χ0) is 11.3. The molecule has 2 N–H and O–H groups in total. The molecule has 0 atom stereocenters. The van der Waals surface area contributed by atoms with Gasteiger partial charge in [0.2, 0.25) is 0 Å². The molecule has 0 spiro atoms. The molecule has 0 heterocycles. The maximum atomic E-state index is 13.3. The van der Waals surface area contributed by atoms with Crippen LogP contribution in [0.2, 0.25) is 0 Å². The largest absolute Gasteiger partial charge is 0.330 e. The fourth-order valence-electron chi connectivity index (χ4n) is 1.39. The van der Waals surface area contributed by atoms with Crippen molar-refractivity contribution in [3.8, 4) is 0 Å². The minimum absolute atomic E-state index is 0.172. The summed E-state index contributed by atoms with van der Waals surface area (Å²) in [5.41, 5.74) is 5.78. The number of unbranched alkanes of at least 4 members (excludes halogenated alkanes) is 2. The van der Waals surface area contributed by atoms with Crippen LogP contribution in [-0.2, 0) is 6.42 Å². The van der Waals surface area contributed by atoms with E-state index in [1.807, 2.05) is 0 Å². The van der Waals surface area contributed by atoms with Crippen molar-refractivity contribution in [1.82, 2.24) is 0 Å². The normalized spacial score (nSPS) is 10.7. The second kappa shape index (κ2) is 6.18. The molecule has 0 aromatic heterocycles. The van der Waals surface area contributed by atoms with Gasteiger partial charge in [-0.05, 0) is 59.4 Å². The van der Waals surface area contributed by atoms with E-state index in [4.69, 9.17) is 5.73 Å². The molecule has 0 fully saturated rings. The molecule has 15 heavy (non-hydrogen) atoms. The van der Waals surface area contributed by atoms with Gasteiger partial charge >= 0.3 is 0 Å². The van der Waals surface area contributed by atoms with Crippen LogP contribution < -0.4 is 5.73 Å². The molecule has 84 valence electrons. The highest BCUT2D eigenvalue weighted by Gasteiger charge is 2.07. The van der Waals surface area contributed by atoms with Crippen LogP contribution in [0.25, 0.3) is 0 Å². The lowest BCUT2D eigenvalue weighted by molar-refractivity contribution is 0.571. The van der Waals surface area contributed by atoms with Crippen LogP contribution in [0.15, 0.2) is 16.6 Å². The monoisotopic (exact) mass is 277 g/mol. The lowest BCUT2D eigenvalue weighted by Gasteiger charge is -2.04. The predicted octanol–water partition coefficient (Wildman–Crippen LogP) is 3.40. The van der Waals surface area contributed by atoms with Crippen LogP contribution in [0.5, 0.6) is 0 Å². The van der Waals surface area contributed by atoms with Crippen LogP contribution >= 0.6 is 15.9 Å². The Labute approximate surface area is 96.8 Å². The summed E-state index contributed by atoms with van der Waals surface area (Å²) in [7, 11) is 0. The molecular weight excluding hydrogens is 264 g/mol. The number of rotatable bonds is 5. The summed E-state index contributed by atoms with van der Waals surface area (Å²) in [4.78, 5) is 0. The molecule has 1 rings (SSSR count). The second-order valence-corrected chi connectivity index (χ2v) is 4.31. The van der Waals surface area contributed by atoms with E-state index in [2.05, 4.69) is 15.9 Å². The molecule has 0 aliphatic heterocycles. The topological polar surface area (TPSA) is 26.0 Å². The molecule has 0 aliphatic rings. The van der Waals surface area contributed by atoms with Gasteiger partial charge in [0.05, 0.1) is 4.47 Å². The van der Waals surface area contributed by atoms with Crippen molar-refractivity contribution in [3.05, 3.63) is 33.8 Å². The summed E-state index contributed by atoms with van der Waals surface area (Å²) in [6.45, 7) is 0.650. The fourth-order valence-corrected chi connectivity index (χ4v) is 1.71. The van der Waals surface area contributed by atoms with Gasteiger partial charge < -0.3 is 5.73 Å². The average molecular weight is 278 g/mol. The van der Waals surface area contributed by atoms with Gasteiger partial charge in [-0.2, -0.15) is 0 Å². The number of halogens is 3. The highest BCUT2D eigenvalue weighted by molar-refractivity contribution is 9.10. The molecular formula is C11H14BrF2N. The number of benzene rings is 1. The molecule has 0 unspecified atom stereocenters. The van der Waals surface area contributed by atoms with Crippen molar-refractivity contribution < 1.29 is 8.78 Å². The van der Waals surface area contributed by atoms with Crippen LogP contribution in [0, 0.1) is 11.6 Å². The van der Waals surface area contributed by atoms with Crippen molar-refractivity contribution >= 4 is 15.9 Å². The molecule has 0 aliphatic carbocycles. The molecule has 0 radical (unpaired) electrons. The van der Waals surface area contributed by atoms with E-state index in [1.165, 1.54) is 12.1 Å². The summed E-state index contributed by atoms with van der Waals surface area (Å²) in [6.07, 6.45) is 3.29. The van der Waals surface area contributed by atoms with Gasteiger partial charge in [-0.1, -0.05) is 6.42 Å². The molecule has 1 aromatic carbocycles. The summed E-state index contributed by atoms with van der Waals surface area (Å²) in [6, 6.07) is 2.43. The van der Waals surface area contributed by atoms with Gasteiger partial charge in [0.25, 0.3) is 0 Å². The first-order chi connectivity index (χ1) is 7.15. The number of hydrogen-bond acceptors (Lipinski definition) is 1. The zero-order valence-corrected chi connectivity index (χ0v) is 9.99. The number of nitrogens with two attached hydrogens (primary N) is 1. The summed E-state index contributed by atoms with van der Waals surface area (Å²) >= 11 is 2.94. The molecule has 4 heteroatoms. The Morgan fingerprint density at radius 1 is 1.07 bits per heavy atom. The lowest BCUT2D eigenvalue weighted by Crippen LogP contribution is -1.99. The predicted molar refractivity (Wildman–Crippen MR) is 60.7 cm³/mol. The Hall–Kier alpha value is -0.480. The zero-order valence-electron chi connectivity index (χ0n) is 8.40. The Balaban J connectivity index is 2.57. The van der Waals surface area contributed by atoms with Gasteiger partial charge in [-0.3, -0.25) is 0 Å². The molecule has 0 saturated heterocycles. The van der Waals surface area contributed by atoms with E-state index in [-0.39, 0.29) is 10.3 Å². The van der Waals surface area contributed by atoms with Crippen molar-refractivity contribution in [2.45, 2.75) is 25.7 Å². The SMILES string of the molecule is NCCCCCc1cc(F)c(Br)cc1F. The third kappa shape index (κ3) is 3.87. The van der Waals surface area contributed by atoms with Crippen LogP contribution in [-0.4, -0.2) is 6.54 Å². The van der Waals surface area contributed by atoms with E-state index in [0.717, 1.165) is 19.3 Å². The van der Waals surface area contributed by atoms with Gasteiger partial charge in [-0.15, -0.1) is 0 Å². The minimum atomic E-state index is -0.412. The van der Waals surface area contributed by atoms with Gasteiger partial charge in [0, 0.05) is 0 Å². The van der Waals surface area contributed by atoms with Gasteiger partial charge in [-0.25, -0.2) is 8.78 Å². The fraction of sp³-hybridized carbons (Fsp3) is 0.455. The number of aryl methyl sites for hydroxylation is 1. The van der Waals surface area contributed by atoms with Crippen molar-refractivity contribution in [2.75, 3.05) is 6.54 Å². The smallest absolute Gasteiger partial charge is 0.137 e. The highest BCUT2D eigenvalue weighted by atomic mass is 79.9. The Bertz CT molecular complexity index is 329.